The second kappa shape index (κ2) is 5.20. The number of Topliss-reactive ketones (excluding diaryl/α,β-unsaturated/α-hetero) is 1. The van der Waals surface area contributed by atoms with Gasteiger partial charge in [0, 0.05) is 12.0 Å². The maximum absolute atomic E-state index is 12.5. The van der Waals surface area contributed by atoms with Crippen LogP contribution in [0.1, 0.15) is 34.3 Å². The SMILES string of the molecule is O=C(O)CCC(=O)c1ccc2c3c(c4ccccc4cc13)CC2. The van der Waals surface area contributed by atoms with Crippen LogP contribution in [0.4, 0.5) is 0 Å². The van der Waals surface area contributed by atoms with Crippen LogP contribution in [0.5, 0.6) is 0 Å². The molecule has 0 heterocycles. The molecule has 3 nitrogen and oxygen atoms in total. The number of benzene rings is 3. The van der Waals surface area contributed by atoms with E-state index in [1.54, 1.807) is 0 Å². The zero-order valence-corrected chi connectivity index (χ0v) is 12.6. The molecule has 0 unspecified atom stereocenters. The summed E-state index contributed by atoms with van der Waals surface area (Å²) in [5, 5.41) is 13.4. The molecule has 0 fully saturated rings. The molecule has 0 spiro atoms. The van der Waals surface area contributed by atoms with E-state index in [1.807, 2.05) is 24.3 Å². The van der Waals surface area contributed by atoms with Crippen LogP contribution in [0.25, 0.3) is 21.5 Å². The summed E-state index contributed by atoms with van der Waals surface area (Å²) in [6.45, 7) is 0. The molecule has 3 aromatic carbocycles. The molecule has 1 aliphatic rings. The summed E-state index contributed by atoms with van der Waals surface area (Å²) >= 11 is 0. The Morgan fingerprint density at radius 1 is 0.957 bits per heavy atom. The minimum absolute atomic E-state index is 0.0476. The summed E-state index contributed by atoms with van der Waals surface area (Å²) in [6, 6.07) is 14.2. The maximum atomic E-state index is 12.5. The molecular formula is C20H16O3. The van der Waals surface area contributed by atoms with Gasteiger partial charge in [-0.05, 0) is 51.6 Å². The van der Waals surface area contributed by atoms with Gasteiger partial charge in [0.15, 0.2) is 5.78 Å². The van der Waals surface area contributed by atoms with E-state index in [1.165, 1.54) is 21.9 Å². The normalized spacial score (nSPS) is 12.9. The van der Waals surface area contributed by atoms with E-state index in [2.05, 4.69) is 18.2 Å². The molecule has 3 aromatic rings. The number of aryl methyl sites for hydroxylation is 2. The van der Waals surface area contributed by atoms with Crippen LogP contribution in [0.2, 0.25) is 0 Å². The Morgan fingerprint density at radius 2 is 1.78 bits per heavy atom. The number of fused-ring (bicyclic) bond motifs is 2. The van der Waals surface area contributed by atoms with Crippen molar-refractivity contribution in [2.45, 2.75) is 25.7 Å². The number of carbonyl (C=O) groups is 2. The molecule has 0 atom stereocenters. The van der Waals surface area contributed by atoms with Gasteiger partial charge in [-0.15, -0.1) is 0 Å². The molecule has 3 heteroatoms. The van der Waals surface area contributed by atoms with Gasteiger partial charge < -0.3 is 5.11 Å². The molecule has 0 saturated carbocycles. The van der Waals surface area contributed by atoms with E-state index < -0.39 is 5.97 Å². The highest BCUT2D eigenvalue weighted by molar-refractivity contribution is 6.14. The first kappa shape index (κ1) is 13.9. The van der Waals surface area contributed by atoms with E-state index in [9.17, 15) is 9.59 Å². The number of rotatable bonds is 4. The van der Waals surface area contributed by atoms with Crippen molar-refractivity contribution < 1.29 is 14.7 Å². The van der Waals surface area contributed by atoms with Gasteiger partial charge in [0.05, 0.1) is 6.42 Å². The van der Waals surface area contributed by atoms with Gasteiger partial charge in [0.1, 0.15) is 0 Å². The summed E-state index contributed by atoms with van der Waals surface area (Å²) < 4.78 is 0. The zero-order valence-electron chi connectivity index (χ0n) is 12.6. The maximum Gasteiger partial charge on any atom is 0.303 e. The molecule has 0 bridgehead atoms. The van der Waals surface area contributed by atoms with E-state index >= 15 is 0 Å². The summed E-state index contributed by atoms with van der Waals surface area (Å²) in [4.78, 5) is 23.2. The van der Waals surface area contributed by atoms with E-state index in [0.717, 1.165) is 23.6 Å². The van der Waals surface area contributed by atoms with Gasteiger partial charge in [-0.25, -0.2) is 0 Å². The highest BCUT2D eigenvalue weighted by atomic mass is 16.4. The highest BCUT2D eigenvalue weighted by Crippen LogP contribution is 2.38. The summed E-state index contributed by atoms with van der Waals surface area (Å²) in [5.74, 6) is -1.03. The summed E-state index contributed by atoms with van der Waals surface area (Å²) in [6.07, 6.45) is 1.93. The van der Waals surface area contributed by atoms with Crippen LogP contribution in [0.3, 0.4) is 0 Å². The lowest BCUT2D eigenvalue weighted by Gasteiger charge is -2.11. The lowest BCUT2D eigenvalue weighted by atomic mass is 9.92. The minimum Gasteiger partial charge on any atom is -0.481 e. The fourth-order valence-corrected chi connectivity index (χ4v) is 3.68. The minimum atomic E-state index is -0.935. The Balaban J connectivity index is 1.95. The van der Waals surface area contributed by atoms with Crippen molar-refractivity contribution in [3.8, 4) is 0 Å². The fraction of sp³-hybridized carbons (Fsp3) is 0.200. The first-order valence-electron chi connectivity index (χ1n) is 7.86. The number of carbonyl (C=O) groups excluding carboxylic acids is 1. The van der Waals surface area contributed by atoms with Crippen LogP contribution in [0.15, 0.2) is 42.5 Å². The lowest BCUT2D eigenvalue weighted by molar-refractivity contribution is -0.136. The van der Waals surface area contributed by atoms with Gasteiger partial charge in [0.2, 0.25) is 0 Å². The van der Waals surface area contributed by atoms with Crippen LogP contribution in [-0.4, -0.2) is 16.9 Å². The molecule has 0 aliphatic heterocycles. The third-order valence-electron chi connectivity index (χ3n) is 4.73. The molecule has 4 rings (SSSR count). The largest absolute Gasteiger partial charge is 0.481 e. The monoisotopic (exact) mass is 304 g/mol. The fourth-order valence-electron chi connectivity index (χ4n) is 3.68. The molecule has 1 aliphatic carbocycles. The van der Waals surface area contributed by atoms with Gasteiger partial charge >= 0.3 is 5.97 Å². The zero-order chi connectivity index (χ0) is 16.0. The first-order chi connectivity index (χ1) is 11.1. The van der Waals surface area contributed by atoms with Crippen molar-refractivity contribution >= 4 is 33.3 Å². The molecule has 114 valence electrons. The smallest absolute Gasteiger partial charge is 0.303 e. The predicted molar refractivity (Wildman–Crippen MR) is 90.1 cm³/mol. The van der Waals surface area contributed by atoms with Crippen molar-refractivity contribution in [1.29, 1.82) is 0 Å². The van der Waals surface area contributed by atoms with Gasteiger partial charge in [-0.1, -0.05) is 36.4 Å². The van der Waals surface area contributed by atoms with Crippen molar-refractivity contribution in [3.63, 3.8) is 0 Å². The number of carboxylic acids is 1. The van der Waals surface area contributed by atoms with Crippen LogP contribution < -0.4 is 0 Å². The lowest BCUT2D eigenvalue weighted by Crippen LogP contribution is -2.05. The molecular weight excluding hydrogens is 288 g/mol. The summed E-state index contributed by atoms with van der Waals surface area (Å²) in [5.41, 5.74) is 3.26. The average molecular weight is 304 g/mol. The third kappa shape index (κ3) is 2.20. The first-order valence-corrected chi connectivity index (χ1v) is 7.86. The molecule has 1 N–H and O–H groups in total. The van der Waals surface area contributed by atoms with Crippen LogP contribution in [-0.2, 0) is 17.6 Å². The van der Waals surface area contributed by atoms with Gasteiger partial charge in [0.25, 0.3) is 0 Å². The van der Waals surface area contributed by atoms with Gasteiger partial charge in [-0.2, -0.15) is 0 Å². The van der Waals surface area contributed by atoms with Crippen molar-refractivity contribution in [3.05, 3.63) is 59.2 Å². The van der Waals surface area contributed by atoms with E-state index in [4.69, 9.17) is 5.11 Å². The highest BCUT2D eigenvalue weighted by Gasteiger charge is 2.21. The number of aliphatic carboxylic acids is 1. The standard InChI is InChI=1S/C20H16O3/c21-18(9-10-19(22)23)15-7-5-12-6-8-16-14-4-2-1-3-13(14)11-17(15)20(12)16/h1-5,7,11H,6,8-10H2,(H,22,23). The van der Waals surface area contributed by atoms with E-state index in [0.29, 0.717) is 5.56 Å². The Labute approximate surface area is 133 Å². The number of ketones is 1. The second-order valence-corrected chi connectivity index (χ2v) is 6.09. The molecule has 23 heavy (non-hydrogen) atoms. The van der Waals surface area contributed by atoms with Crippen molar-refractivity contribution in [2.24, 2.45) is 0 Å². The van der Waals surface area contributed by atoms with E-state index in [-0.39, 0.29) is 18.6 Å². The molecule has 0 amide bonds. The molecule has 0 radical (unpaired) electrons. The molecule has 0 aromatic heterocycles. The van der Waals surface area contributed by atoms with Crippen LogP contribution in [0, 0.1) is 0 Å². The Kier molecular flexibility index (Phi) is 3.15. The topological polar surface area (TPSA) is 54.4 Å². The van der Waals surface area contributed by atoms with Crippen molar-refractivity contribution in [2.75, 3.05) is 0 Å². The molecule has 0 saturated heterocycles. The summed E-state index contributed by atoms with van der Waals surface area (Å²) in [7, 11) is 0. The number of carboxylic acid groups (broad SMARTS) is 1. The average Bonchev–Trinajstić information content (AvgIpc) is 2.99. The second-order valence-electron chi connectivity index (χ2n) is 6.09. The number of hydrogen-bond donors (Lipinski definition) is 1. The number of hydrogen-bond acceptors (Lipinski definition) is 2. The third-order valence-corrected chi connectivity index (χ3v) is 4.73. The Bertz CT molecular complexity index is 969. The Hall–Kier alpha value is -2.68. The van der Waals surface area contributed by atoms with Gasteiger partial charge in [-0.3, -0.25) is 9.59 Å². The van der Waals surface area contributed by atoms with Crippen molar-refractivity contribution in [1.82, 2.24) is 0 Å². The van der Waals surface area contributed by atoms with Crippen LogP contribution >= 0.6 is 0 Å². The Morgan fingerprint density at radius 3 is 2.61 bits per heavy atom. The predicted octanol–water partition coefficient (Wildman–Crippen LogP) is 4.14. The quantitative estimate of drug-likeness (QED) is 0.582.